The van der Waals surface area contributed by atoms with Gasteiger partial charge in [0.25, 0.3) is 0 Å². The van der Waals surface area contributed by atoms with E-state index in [4.69, 9.17) is 0 Å². The van der Waals surface area contributed by atoms with Crippen LogP contribution < -0.4 is 0 Å². The second-order valence-corrected chi connectivity index (χ2v) is 4.09. The van der Waals surface area contributed by atoms with E-state index < -0.39 is 0 Å². The maximum atomic E-state index is 4.39. The maximum Gasteiger partial charge on any atom is 0.148 e. The van der Waals surface area contributed by atoms with Crippen molar-refractivity contribution in [3.63, 3.8) is 0 Å². The quantitative estimate of drug-likeness (QED) is 0.599. The zero-order valence-corrected chi connectivity index (χ0v) is 7.89. The molecule has 0 N–H and O–H groups in total. The largest absolute Gasteiger partial charge is 0.234 e. The molecule has 1 aromatic rings. The molecule has 2 rings (SSSR count). The number of aryl methyl sites for hydroxylation is 3. The average molecular weight is 181 g/mol. The summed E-state index contributed by atoms with van der Waals surface area (Å²) in [6.07, 6.45) is 2.08. The predicted octanol–water partition coefficient (Wildman–Crippen LogP) is 1.01. The zero-order valence-electron chi connectivity index (χ0n) is 7.08. The smallest absolute Gasteiger partial charge is 0.148 e. The van der Waals surface area contributed by atoms with Crippen LogP contribution >= 0.6 is 11.8 Å². The van der Waals surface area contributed by atoms with Gasteiger partial charge in [-0.15, -0.1) is 5.10 Å². The van der Waals surface area contributed by atoms with Gasteiger partial charge in [-0.05, 0) is 18.4 Å². The Balaban J connectivity index is 2.36. The highest BCUT2D eigenvalue weighted by atomic mass is 32.2. The fraction of sp³-hybridized carbons (Fsp3) is 0.625. The first-order valence-corrected chi connectivity index (χ1v) is 5.28. The van der Waals surface area contributed by atoms with Gasteiger partial charge in [0.1, 0.15) is 5.82 Å². The van der Waals surface area contributed by atoms with Crippen LogP contribution in [0.2, 0.25) is 0 Å². The number of thioether (sulfide) groups is 1. The first kappa shape index (κ1) is 7.98. The minimum atomic E-state index is 0.792. The average Bonchev–Trinajstić information content (AvgIpc) is 2.28. The second kappa shape index (κ2) is 3.39. The highest BCUT2D eigenvalue weighted by Gasteiger charge is 2.10. The highest BCUT2D eigenvalue weighted by molar-refractivity contribution is 7.99. The lowest BCUT2D eigenvalue weighted by atomic mass is 10.2. The van der Waals surface area contributed by atoms with Gasteiger partial charge < -0.3 is 0 Å². The van der Waals surface area contributed by atoms with Gasteiger partial charge in [0, 0.05) is 12.8 Å². The van der Waals surface area contributed by atoms with Gasteiger partial charge in [-0.2, -0.15) is 16.9 Å². The molecule has 0 fully saturated rings. The summed E-state index contributed by atoms with van der Waals surface area (Å²) in [5, 5.41) is 8.12. The van der Waals surface area contributed by atoms with Gasteiger partial charge in [-0.3, -0.25) is 0 Å². The lowest BCUT2D eigenvalue weighted by molar-refractivity contribution is 0.802. The van der Waals surface area contributed by atoms with Crippen LogP contribution in [0, 0.1) is 6.92 Å². The summed E-state index contributed by atoms with van der Waals surface area (Å²) in [5.74, 6) is 3.12. The molecule has 12 heavy (non-hydrogen) atoms. The Morgan fingerprint density at radius 1 is 1.08 bits per heavy atom. The lowest BCUT2D eigenvalue weighted by Crippen LogP contribution is -2.05. The van der Waals surface area contributed by atoms with Gasteiger partial charge in [0.15, 0.2) is 0 Å². The summed E-state index contributed by atoms with van der Waals surface area (Å²) in [6.45, 7) is 1.89. The molecule has 0 spiro atoms. The molecule has 3 nitrogen and oxygen atoms in total. The van der Waals surface area contributed by atoms with E-state index in [1.165, 1.54) is 5.75 Å². The van der Waals surface area contributed by atoms with Crippen LogP contribution in [0.25, 0.3) is 0 Å². The molecule has 0 aromatic carbocycles. The molecule has 0 saturated heterocycles. The van der Waals surface area contributed by atoms with Crippen molar-refractivity contribution >= 4 is 11.8 Å². The molecule has 0 aliphatic carbocycles. The van der Waals surface area contributed by atoms with Crippen molar-refractivity contribution in [2.45, 2.75) is 19.8 Å². The predicted molar refractivity (Wildman–Crippen MR) is 49.3 cm³/mol. The summed E-state index contributed by atoms with van der Waals surface area (Å²) >= 11 is 1.97. The van der Waals surface area contributed by atoms with E-state index in [-0.39, 0.29) is 0 Å². The van der Waals surface area contributed by atoms with E-state index in [0.717, 1.165) is 35.8 Å². The second-order valence-electron chi connectivity index (χ2n) is 2.86. The van der Waals surface area contributed by atoms with Gasteiger partial charge in [-0.1, -0.05) is 0 Å². The third-order valence-corrected chi connectivity index (χ3v) is 2.90. The minimum Gasteiger partial charge on any atom is -0.234 e. The molecule has 64 valence electrons. The van der Waals surface area contributed by atoms with Crippen molar-refractivity contribution in [3.05, 3.63) is 17.2 Å². The summed E-state index contributed by atoms with van der Waals surface area (Å²) in [5.41, 5.74) is 2.26. The Morgan fingerprint density at radius 3 is 2.67 bits per heavy atom. The Bertz CT molecular complexity index is 288. The van der Waals surface area contributed by atoms with E-state index in [1.54, 1.807) is 0 Å². The van der Waals surface area contributed by atoms with Crippen LogP contribution in [0.1, 0.15) is 17.2 Å². The number of nitrogens with zero attached hydrogens (tertiary/aromatic N) is 3. The van der Waals surface area contributed by atoms with Crippen LogP contribution in [0.15, 0.2) is 0 Å². The van der Waals surface area contributed by atoms with Crippen LogP contribution in [0.3, 0.4) is 0 Å². The van der Waals surface area contributed by atoms with E-state index >= 15 is 0 Å². The Kier molecular flexibility index (Phi) is 2.26. The first-order chi connectivity index (χ1) is 5.86. The molecule has 0 amide bonds. The molecule has 0 saturated carbocycles. The molecule has 0 atom stereocenters. The van der Waals surface area contributed by atoms with Crippen LogP contribution in [-0.4, -0.2) is 26.7 Å². The third kappa shape index (κ3) is 1.58. The standard InChI is InChI=1S/C8H11N3S/c1-6-9-7-2-4-12-5-3-8(7)11-10-6/h2-5H2,1H3. The fourth-order valence-electron chi connectivity index (χ4n) is 1.31. The van der Waals surface area contributed by atoms with Crippen molar-refractivity contribution in [2.24, 2.45) is 0 Å². The summed E-state index contributed by atoms with van der Waals surface area (Å²) < 4.78 is 0. The van der Waals surface area contributed by atoms with Crippen LogP contribution in [0.5, 0.6) is 0 Å². The van der Waals surface area contributed by atoms with Crippen molar-refractivity contribution in [2.75, 3.05) is 11.5 Å². The normalized spacial score (nSPS) is 16.8. The third-order valence-electron chi connectivity index (χ3n) is 1.91. The Hall–Kier alpha value is -0.640. The summed E-state index contributed by atoms with van der Waals surface area (Å²) in [7, 11) is 0. The van der Waals surface area contributed by atoms with Crippen LogP contribution in [0.4, 0.5) is 0 Å². The minimum absolute atomic E-state index is 0.792. The van der Waals surface area contributed by atoms with E-state index in [2.05, 4.69) is 15.2 Å². The molecule has 0 bridgehead atoms. The topological polar surface area (TPSA) is 38.7 Å². The Labute approximate surface area is 76.0 Å². The van der Waals surface area contributed by atoms with Crippen molar-refractivity contribution in [1.29, 1.82) is 0 Å². The molecule has 0 radical (unpaired) electrons. The molecule has 1 aliphatic heterocycles. The number of aromatic nitrogens is 3. The maximum absolute atomic E-state index is 4.39. The van der Waals surface area contributed by atoms with Gasteiger partial charge in [-0.25, -0.2) is 4.98 Å². The molecule has 2 heterocycles. The molecule has 1 aromatic heterocycles. The first-order valence-electron chi connectivity index (χ1n) is 4.13. The number of rotatable bonds is 0. The summed E-state index contributed by atoms with van der Waals surface area (Å²) in [4.78, 5) is 4.39. The Morgan fingerprint density at radius 2 is 1.83 bits per heavy atom. The number of hydrogen-bond donors (Lipinski definition) is 0. The molecule has 1 aliphatic rings. The number of fused-ring (bicyclic) bond motifs is 1. The zero-order chi connectivity index (χ0) is 8.39. The molecule has 4 heteroatoms. The summed E-state index contributed by atoms with van der Waals surface area (Å²) in [6, 6.07) is 0. The van der Waals surface area contributed by atoms with Crippen molar-refractivity contribution < 1.29 is 0 Å². The van der Waals surface area contributed by atoms with Crippen molar-refractivity contribution in [3.8, 4) is 0 Å². The fourth-order valence-corrected chi connectivity index (χ4v) is 2.19. The molecule has 0 unspecified atom stereocenters. The SMILES string of the molecule is Cc1nnc2c(n1)CCSCC2. The number of hydrogen-bond acceptors (Lipinski definition) is 4. The van der Waals surface area contributed by atoms with E-state index in [9.17, 15) is 0 Å². The monoisotopic (exact) mass is 181 g/mol. The van der Waals surface area contributed by atoms with Gasteiger partial charge in [0.2, 0.25) is 0 Å². The van der Waals surface area contributed by atoms with Gasteiger partial charge in [0.05, 0.1) is 11.4 Å². The van der Waals surface area contributed by atoms with E-state index in [0.29, 0.717) is 0 Å². The highest BCUT2D eigenvalue weighted by Crippen LogP contribution is 2.15. The molecular formula is C8H11N3S. The van der Waals surface area contributed by atoms with Gasteiger partial charge >= 0.3 is 0 Å². The van der Waals surface area contributed by atoms with Crippen LogP contribution in [-0.2, 0) is 12.8 Å². The molecular weight excluding hydrogens is 170 g/mol. The lowest BCUT2D eigenvalue weighted by Gasteiger charge is -2.01. The van der Waals surface area contributed by atoms with Crippen molar-refractivity contribution in [1.82, 2.24) is 15.2 Å². The van der Waals surface area contributed by atoms with E-state index in [1.807, 2.05) is 18.7 Å².